The highest BCUT2D eigenvalue weighted by molar-refractivity contribution is 7.15. The SMILES string of the molecule is Cc1sc2c(c1C)C(c1ccc(Cl)cc1)=N[C@@H](CC(=O)NCCOCCOCCn1c(=O)n(C3CCC(=O)NC3=O)c3ccccc31)c1nnc(C)n1-2. The summed E-state index contributed by atoms with van der Waals surface area (Å²) in [5.74, 6) is 0.335. The molecule has 5 heterocycles. The molecule has 0 aliphatic carbocycles. The van der Waals surface area contributed by atoms with Crippen molar-refractivity contribution in [2.45, 2.75) is 58.7 Å². The van der Waals surface area contributed by atoms with E-state index in [0.29, 0.717) is 35.0 Å². The molecule has 1 unspecified atom stereocenters. The number of aromatic nitrogens is 5. The second-order valence-corrected chi connectivity index (χ2v) is 14.6. The fraction of sp³-hybridized carbons (Fsp3) is 0.378. The summed E-state index contributed by atoms with van der Waals surface area (Å²) in [7, 11) is 0. The van der Waals surface area contributed by atoms with Crippen LogP contribution >= 0.6 is 22.9 Å². The van der Waals surface area contributed by atoms with E-state index in [1.54, 1.807) is 22.0 Å². The number of halogens is 1. The van der Waals surface area contributed by atoms with E-state index >= 15 is 0 Å². The maximum atomic E-state index is 13.4. The number of fused-ring (bicyclic) bond motifs is 4. The van der Waals surface area contributed by atoms with Crippen molar-refractivity contribution in [1.29, 1.82) is 0 Å². The van der Waals surface area contributed by atoms with Gasteiger partial charge in [-0.05, 0) is 57.0 Å². The van der Waals surface area contributed by atoms with Gasteiger partial charge in [-0.3, -0.25) is 38.4 Å². The molecule has 16 heteroatoms. The van der Waals surface area contributed by atoms with Crippen molar-refractivity contribution < 1.29 is 23.9 Å². The van der Waals surface area contributed by atoms with E-state index in [9.17, 15) is 19.2 Å². The van der Waals surface area contributed by atoms with Crippen LogP contribution < -0.4 is 16.3 Å². The fourth-order valence-electron chi connectivity index (χ4n) is 6.80. The summed E-state index contributed by atoms with van der Waals surface area (Å²) in [6.45, 7) is 7.76. The summed E-state index contributed by atoms with van der Waals surface area (Å²) in [6, 6.07) is 13.5. The molecule has 2 aliphatic heterocycles. The third-order valence-corrected chi connectivity index (χ3v) is 11.0. The summed E-state index contributed by atoms with van der Waals surface area (Å²) in [4.78, 5) is 57.1. The highest BCUT2D eigenvalue weighted by Crippen LogP contribution is 2.39. The number of carbonyl (C=O) groups is 3. The molecule has 0 radical (unpaired) electrons. The van der Waals surface area contributed by atoms with E-state index < -0.39 is 18.0 Å². The zero-order valence-electron chi connectivity index (χ0n) is 29.6. The molecule has 5 aromatic rings. The lowest BCUT2D eigenvalue weighted by atomic mass is 9.99. The van der Waals surface area contributed by atoms with Crippen LogP contribution in [0.2, 0.25) is 5.02 Å². The number of nitrogens with one attached hydrogen (secondary N) is 2. The lowest BCUT2D eigenvalue weighted by Crippen LogP contribution is -2.44. The normalized spacial score (nSPS) is 16.9. The van der Waals surface area contributed by atoms with E-state index in [0.717, 1.165) is 33.2 Å². The Balaban J connectivity index is 0.912. The second-order valence-electron chi connectivity index (χ2n) is 12.9. The number of benzene rings is 2. The number of aliphatic imine (C=N–C) groups is 1. The summed E-state index contributed by atoms with van der Waals surface area (Å²) in [6.07, 6.45) is 0.519. The number of imidazole rings is 1. The molecule has 2 aliphatic rings. The topological polar surface area (TPSA) is 164 Å². The van der Waals surface area contributed by atoms with Gasteiger partial charge in [0.1, 0.15) is 22.9 Å². The summed E-state index contributed by atoms with van der Waals surface area (Å²) in [5.41, 5.74) is 4.80. The highest BCUT2D eigenvalue weighted by atomic mass is 35.5. The van der Waals surface area contributed by atoms with Gasteiger partial charge in [-0.25, -0.2) is 4.79 Å². The summed E-state index contributed by atoms with van der Waals surface area (Å²) >= 11 is 7.87. The summed E-state index contributed by atoms with van der Waals surface area (Å²) in [5, 5.41) is 15.7. The lowest BCUT2D eigenvalue weighted by Gasteiger charge is -2.21. The van der Waals surface area contributed by atoms with Crippen molar-refractivity contribution >= 4 is 57.4 Å². The van der Waals surface area contributed by atoms with Gasteiger partial charge in [0.05, 0.1) is 56.1 Å². The zero-order chi connectivity index (χ0) is 37.2. The zero-order valence-corrected chi connectivity index (χ0v) is 31.1. The van der Waals surface area contributed by atoms with Crippen molar-refractivity contribution in [2.75, 3.05) is 33.0 Å². The average molecular weight is 759 g/mol. The first-order chi connectivity index (χ1) is 25.6. The Morgan fingerprint density at radius 2 is 1.72 bits per heavy atom. The molecule has 1 fully saturated rings. The van der Waals surface area contributed by atoms with E-state index in [-0.39, 0.29) is 63.1 Å². The predicted octanol–water partition coefficient (Wildman–Crippen LogP) is 4.13. The monoisotopic (exact) mass is 758 g/mol. The maximum Gasteiger partial charge on any atom is 0.329 e. The van der Waals surface area contributed by atoms with Crippen molar-refractivity contribution in [3.8, 4) is 5.00 Å². The highest BCUT2D eigenvalue weighted by Gasteiger charge is 2.33. The Hall–Kier alpha value is -4.96. The van der Waals surface area contributed by atoms with Crippen molar-refractivity contribution in [3.63, 3.8) is 0 Å². The number of nitrogens with zero attached hydrogens (tertiary/aromatic N) is 6. The van der Waals surface area contributed by atoms with Crippen LogP contribution in [-0.2, 0) is 30.4 Å². The van der Waals surface area contributed by atoms with Gasteiger partial charge in [0, 0.05) is 34.0 Å². The van der Waals surface area contributed by atoms with Crippen LogP contribution in [0.3, 0.4) is 0 Å². The molecule has 2 N–H and O–H groups in total. The van der Waals surface area contributed by atoms with Crippen molar-refractivity contribution in [1.82, 2.24) is 34.5 Å². The van der Waals surface area contributed by atoms with Gasteiger partial charge in [0.15, 0.2) is 5.82 Å². The molecule has 276 valence electrons. The molecule has 3 amide bonds. The van der Waals surface area contributed by atoms with E-state index in [4.69, 9.17) is 26.1 Å². The molecule has 1 saturated heterocycles. The third kappa shape index (κ3) is 7.34. The standard InChI is InChI=1S/C37H39ClN8O6S/c1-21-22(2)53-36-32(21)33(24-8-10-25(38)11-9-24)40-26(34-43-42-23(3)45(34)36)20-31(48)39-14-16-51-18-19-52-17-15-44-27-6-4-5-7-28(27)46(37(44)50)29-12-13-30(47)41-35(29)49/h4-11,26,29H,12-20H2,1-3H3,(H,39,48)(H,41,47,49)/t26-,29?/m0/s1. The quantitative estimate of drug-likeness (QED) is 0.134. The van der Waals surface area contributed by atoms with Gasteiger partial charge in [-0.2, -0.15) is 0 Å². The number of para-hydroxylation sites is 2. The van der Waals surface area contributed by atoms with Crippen molar-refractivity contribution in [3.05, 3.63) is 97.3 Å². The largest absolute Gasteiger partial charge is 0.377 e. The number of ether oxygens (including phenoxy) is 2. The molecule has 0 bridgehead atoms. The predicted molar refractivity (Wildman–Crippen MR) is 200 cm³/mol. The average Bonchev–Trinajstić information content (AvgIpc) is 3.72. The molecular formula is C37H39ClN8O6S. The Kier molecular flexibility index (Phi) is 10.7. The van der Waals surface area contributed by atoms with Gasteiger partial charge in [-0.1, -0.05) is 35.9 Å². The van der Waals surface area contributed by atoms with E-state index in [1.165, 1.54) is 9.44 Å². The fourth-order valence-corrected chi connectivity index (χ4v) is 8.14. The number of amides is 3. The first-order valence-electron chi connectivity index (χ1n) is 17.4. The number of imide groups is 1. The molecule has 2 atom stereocenters. The molecule has 0 saturated carbocycles. The van der Waals surface area contributed by atoms with Crippen molar-refractivity contribution in [2.24, 2.45) is 4.99 Å². The van der Waals surface area contributed by atoms with Gasteiger partial charge in [-0.15, -0.1) is 21.5 Å². The minimum Gasteiger partial charge on any atom is -0.377 e. The number of carbonyl (C=O) groups excluding carboxylic acids is 3. The molecule has 2 aromatic carbocycles. The first-order valence-corrected chi connectivity index (χ1v) is 18.6. The molecule has 0 spiro atoms. The van der Waals surface area contributed by atoms with Crippen LogP contribution in [-0.4, -0.2) is 80.3 Å². The number of hydrogen-bond donors (Lipinski definition) is 2. The van der Waals surface area contributed by atoms with Crippen LogP contribution in [0.4, 0.5) is 0 Å². The van der Waals surface area contributed by atoms with E-state index in [1.807, 2.05) is 54.0 Å². The first kappa shape index (κ1) is 36.4. The minimum absolute atomic E-state index is 0.0740. The lowest BCUT2D eigenvalue weighted by molar-refractivity contribution is -0.135. The summed E-state index contributed by atoms with van der Waals surface area (Å²) < 4.78 is 16.5. The Morgan fingerprint density at radius 3 is 2.47 bits per heavy atom. The van der Waals surface area contributed by atoms with E-state index in [2.05, 4.69) is 34.7 Å². The van der Waals surface area contributed by atoms with Gasteiger partial charge in [0.25, 0.3) is 0 Å². The Bertz CT molecular complexity index is 2290. The number of thiophene rings is 1. The molecule has 3 aromatic heterocycles. The van der Waals surface area contributed by atoms with Crippen LogP contribution in [0.5, 0.6) is 0 Å². The minimum atomic E-state index is -0.750. The second kappa shape index (κ2) is 15.6. The smallest absolute Gasteiger partial charge is 0.329 e. The number of aryl methyl sites for hydroxylation is 2. The maximum absolute atomic E-state index is 13.4. The molecule has 53 heavy (non-hydrogen) atoms. The van der Waals surface area contributed by atoms with Gasteiger partial charge >= 0.3 is 5.69 Å². The van der Waals surface area contributed by atoms with Gasteiger partial charge < -0.3 is 14.8 Å². The number of piperidine rings is 1. The van der Waals surface area contributed by atoms with Gasteiger partial charge in [0.2, 0.25) is 17.7 Å². The Labute approximate surface area is 313 Å². The molecule has 14 nitrogen and oxygen atoms in total. The van der Waals surface area contributed by atoms with Crippen LogP contribution in [0.25, 0.3) is 16.0 Å². The molecular weight excluding hydrogens is 720 g/mol. The van der Waals surface area contributed by atoms with Crippen LogP contribution in [0.1, 0.15) is 64.6 Å². The van der Waals surface area contributed by atoms with Crippen LogP contribution in [0.15, 0.2) is 58.3 Å². The Morgan fingerprint density at radius 1 is 0.981 bits per heavy atom. The van der Waals surface area contributed by atoms with Crippen LogP contribution in [0, 0.1) is 20.8 Å². The number of rotatable bonds is 13. The number of hydrogen-bond acceptors (Lipinski definition) is 10. The molecule has 7 rings (SSSR count). The third-order valence-electron chi connectivity index (χ3n) is 9.53.